The van der Waals surface area contributed by atoms with E-state index >= 15 is 0 Å². The van der Waals surface area contributed by atoms with Gasteiger partial charge in [-0.15, -0.1) is 0 Å². The summed E-state index contributed by atoms with van der Waals surface area (Å²) < 4.78 is 2.17. The molecule has 1 amide bonds. The predicted octanol–water partition coefficient (Wildman–Crippen LogP) is 2.75. The predicted molar refractivity (Wildman–Crippen MR) is 86.0 cm³/mol. The van der Waals surface area contributed by atoms with Crippen molar-refractivity contribution in [2.45, 2.75) is 25.4 Å². The van der Waals surface area contributed by atoms with Crippen molar-refractivity contribution in [2.24, 2.45) is 0 Å². The van der Waals surface area contributed by atoms with Crippen molar-refractivity contribution < 1.29 is 4.79 Å². The molecule has 0 radical (unpaired) electrons. The Morgan fingerprint density at radius 1 is 1.48 bits per heavy atom. The maximum Gasteiger partial charge on any atom is 0.255 e. The van der Waals surface area contributed by atoms with Crippen LogP contribution in [-0.4, -0.2) is 42.1 Å². The molecule has 1 aliphatic rings. The molecule has 1 aromatic carbocycles. The van der Waals surface area contributed by atoms with Crippen LogP contribution in [0.5, 0.6) is 0 Å². The fraction of sp³-hybridized carbons (Fsp3) is 0.438. The summed E-state index contributed by atoms with van der Waals surface area (Å²) in [6, 6.07) is 6.25. The van der Waals surface area contributed by atoms with Gasteiger partial charge < -0.3 is 14.8 Å². The van der Waals surface area contributed by atoms with Crippen LogP contribution < -0.4 is 5.32 Å². The van der Waals surface area contributed by atoms with E-state index in [2.05, 4.69) is 9.88 Å². The van der Waals surface area contributed by atoms with Gasteiger partial charge in [0.1, 0.15) is 0 Å². The normalized spacial score (nSPS) is 18.3. The zero-order chi connectivity index (χ0) is 15.0. The summed E-state index contributed by atoms with van der Waals surface area (Å²) >= 11 is 6.11. The molecule has 1 saturated heterocycles. The van der Waals surface area contributed by atoms with E-state index in [1.54, 1.807) is 19.0 Å². The van der Waals surface area contributed by atoms with Gasteiger partial charge in [0, 0.05) is 48.8 Å². The maximum atomic E-state index is 12.4. The zero-order valence-electron chi connectivity index (χ0n) is 12.4. The fourth-order valence-electron chi connectivity index (χ4n) is 2.98. The molecule has 112 valence electrons. The average Bonchev–Trinajstić information content (AvgIpc) is 3.06. The van der Waals surface area contributed by atoms with Gasteiger partial charge in [-0.2, -0.15) is 0 Å². The Kier molecular flexibility index (Phi) is 3.91. The molecule has 3 rings (SSSR count). The SMILES string of the molecule is CN(C)C(=O)c1cn(C[C@@H]2CCCN2)c2ccc(Cl)cc12. The number of nitrogens with zero attached hydrogens (tertiary/aromatic N) is 2. The van der Waals surface area contributed by atoms with E-state index in [4.69, 9.17) is 11.6 Å². The third kappa shape index (κ3) is 2.78. The summed E-state index contributed by atoms with van der Waals surface area (Å²) in [5.74, 6) is 0.0143. The van der Waals surface area contributed by atoms with Crippen LogP contribution in [0, 0.1) is 0 Å². The third-order valence-electron chi connectivity index (χ3n) is 4.06. The Morgan fingerprint density at radius 2 is 2.29 bits per heavy atom. The van der Waals surface area contributed by atoms with Crippen molar-refractivity contribution in [1.82, 2.24) is 14.8 Å². The minimum Gasteiger partial charge on any atom is -0.345 e. The fourth-order valence-corrected chi connectivity index (χ4v) is 3.15. The number of fused-ring (bicyclic) bond motifs is 1. The van der Waals surface area contributed by atoms with Crippen LogP contribution in [0.1, 0.15) is 23.2 Å². The summed E-state index contributed by atoms with van der Waals surface area (Å²) in [6.07, 6.45) is 4.37. The molecule has 1 aromatic heterocycles. The molecular weight excluding hydrogens is 286 g/mol. The first-order valence-corrected chi connectivity index (χ1v) is 7.67. The molecule has 1 fully saturated rings. The van der Waals surface area contributed by atoms with Gasteiger partial charge in [-0.1, -0.05) is 11.6 Å². The molecule has 0 aliphatic carbocycles. The summed E-state index contributed by atoms with van der Waals surface area (Å²) in [6.45, 7) is 1.97. The molecule has 2 heterocycles. The molecule has 5 heteroatoms. The average molecular weight is 306 g/mol. The van der Waals surface area contributed by atoms with E-state index in [-0.39, 0.29) is 5.91 Å². The number of halogens is 1. The van der Waals surface area contributed by atoms with Crippen LogP contribution >= 0.6 is 11.6 Å². The monoisotopic (exact) mass is 305 g/mol. The molecule has 1 atom stereocenters. The number of hydrogen-bond donors (Lipinski definition) is 1. The lowest BCUT2D eigenvalue weighted by atomic mass is 10.1. The number of nitrogens with one attached hydrogen (secondary N) is 1. The molecule has 4 nitrogen and oxygen atoms in total. The second-order valence-electron chi connectivity index (χ2n) is 5.85. The number of aromatic nitrogens is 1. The molecule has 0 bridgehead atoms. The standard InChI is InChI=1S/C16H20ClN3O/c1-19(2)16(21)14-10-20(9-12-4-3-7-18-12)15-6-5-11(17)8-13(14)15/h5-6,8,10,12,18H,3-4,7,9H2,1-2H3/t12-/m0/s1. The second kappa shape index (κ2) is 5.70. The van der Waals surface area contributed by atoms with Crippen molar-refractivity contribution in [3.05, 3.63) is 35.0 Å². The number of carbonyl (C=O) groups is 1. The summed E-state index contributed by atoms with van der Waals surface area (Å²) in [5.41, 5.74) is 1.79. The van der Waals surface area contributed by atoms with Crippen LogP contribution in [0.4, 0.5) is 0 Å². The summed E-state index contributed by atoms with van der Waals surface area (Å²) in [5, 5.41) is 5.09. The van der Waals surface area contributed by atoms with Crippen LogP contribution in [0.25, 0.3) is 10.9 Å². The van der Waals surface area contributed by atoms with E-state index < -0.39 is 0 Å². The zero-order valence-corrected chi connectivity index (χ0v) is 13.2. The van der Waals surface area contributed by atoms with Crippen molar-refractivity contribution in [3.63, 3.8) is 0 Å². The molecule has 2 aromatic rings. The van der Waals surface area contributed by atoms with Gasteiger partial charge in [0.15, 0.2) is 0 Å². The van der Waals surface area contributed by atoms with Crippen LogP contribution in [-0.2, 0) is 6.54 Å². The number of carbonyl (C=O) groups excluding carboxylic acids is 1. The van der Waals surface area contributed by atoms with Crippen LogP contribution in [0.2, 0.25) is 5.02 Å². The highest BCUT2D eigenvalue weighted by Gasteiger charge is 2.20. The molecular formula is C16H20ClN3O. The Hall–Kier alpha value is -1.52. The number of benzene rings is 1. The summed E-state index contributed by atoms with van der Waals surface area (Å²) in [7, 11) is 3.54. The van der Waals surface area contributed by atoms with E-state index in [0.29, 0.717) is 11.1 Å². The van der Waals surface area contributed by atoms with Gasteiger partial charge in [0.2, 0.25) is 0 Å². The van der Waals surface area contributed by atoms with Gasteiger partial charge in [-0.3, -0.25) is 4.79 Å². The quantitative estimate of drug-likeness (QED) is 0.947. The topological polar surface area (TPSA) is 37.3 Å². The molecule has 0 unspecified atom stereocenters. The molecule has 21 heavy (non-hydrogen) atoms. The number of amides is 1. The number of hydrogen-bond acceptors (Lipinski definition) is 2. The molecule has 0 saturated carbocycles. The largest absolute Gasteiger partial charge is 0.345 e. The Labute approximate surface area is 129 Å². The van der Waals surface area contributed by atoms with Gasteiger partial charge in [0.05, 0.1) is 5.56 Å². The van der Waals surface area contributed by atoms with Gasteiger partial charge in [-0.05, 0) is 37.6 Å². The highest BCUT2D eigenvalue weighted by molar-refractivity contribution is 6.31. The van der Waals surface area contributed by atoms with E-state index in [0.717, 1.165) is 29.6 Å². The highest BCUT2D eigenvalue weighted by Crippen LogP contribution is 2.26. The maximum absolute atomic E-state index is 12.4. The van der Waals surface area contributed by atoms with Gasteiger partial charge >= 0.3 is 0 Å². The van der Waals surface area contributed by atoms with Crippen LogP contribution in [0.3, 0.4) is 0 Å². The summed E-state index contributed by atoms with van der Waals surface area (Å²) in [4.78, 5) is 14.0. The first kappa shape index (κ1) is 14.4. The smallest absolute Gasteiger partial charge is 0.255 e. The lowest BCUT2D eigenvalue weighted by Gasteiger charge is -2.12. The van der Waals surface area contributed by atoms with E-state index in [1.165, 1.54) is 12.8 Å². The molecule has 1 aliphatic heterocycles. The second-order valence-corrected chi connectivity index (χ2v) is 6.29. The first-order valence-electron chi connectivity index (χ1n) is 7.29. The van der Waals surface area contributed by atoms with Crippen molar-refractivity contribution in [3.8, 4) is 0 Å². The Morgan fingerprint density at radius 3 is 2.95 bits per heavy atom. The number of rotatable bonds is 3. The first-order chi connectivity index (χ1) is 10.1. The van der Waals surface area contributed by atoms with Gasteiger partial charge in [0.25, 0.3) is 5.91 Å². The van der Waals surface area contributed by atoms with Crippen molar-refractivity contribution in [2.75, 3.05) is 20.6 Å². The Balaban J connectivity index is 2.05. The Bertz CT molecular complexity index is 671. The molecule has 0 spiro atoms. The minimum atomic E-state index is 0.0143. The lowest BCUT2D eigenvalue weighted by Crippen LogP contribution is -2.26. The van der Waals surface area contributed by atoms with Crippen molar-refractivity contribution >= 4 is 28.4 Å². The van der Waals surface area contributed by atoms with E-state index in [9.17, 15) is 4.79 Å². The van der Waals surface area contributed by atoms with E-state index in [1.807, 2.05) is 24.4 Å². The van der Waals surface area contributed by atoms with Gasteiger partial charge in [-0.25, -0.2) is 0 Å². The minimum absolute atomic E-state index is 0.0143. The molecule has 1 N–H and O–H groups in total. The lowest BCUT2D eigenvalue weighted by molar-refractivity contribution is 0.0829. The van der Waals surface area contributed by atoms with Crippen molar-refractivity contribution in [1.29, 1.82) is 0 Å². The third-order valence-corrected chi connectivity index (χ3v) is 4.29. The van der Waals surface area contributed by atoms with Crippen LogP contribution in [0.15, 0.2) is 24.4 Å². The highest BCUT2D eigenvalue weighted by atomic mass is 35.5.